The van der Waals surface area contributed by atoms with Crippen molar-refractivity contribution in [3.63, 3.8) is 0 Å². The molecule has 1 fully saturated rings. The molecule has 0 spiro atoms. The molecule has 6 nitrogen and oxygen atoms in total. The van der Waals surface area contributed by atoms with Gasteiger partial charge >= 0.3 is 0 Å². The number of carbonyl (C=O) groups is 1. The standard InChI is InChI=1S/C26H27FN4O2/c1-33-22-7-2-19-14-23(26(32)29-16-18-8-10-28-11-9-18)25-17-30(12-13-31(25)24(19)15-22)21-5-3-20(27)4-6-21/h2-11,15,23,25H,12-14,16-17H2,1H3,(H,29,32)/t23-,25+/m0/s1. The maximum atomic E-state index is 13.5. The molecule has 1 N–H and O–H groups in total. The Balaban J connectivity index is 1.42. The van der Waals surface area contributed by atoms with Crippen LogP contribution >= 0.6 is 0 Å². The van der Waals surface area contributed by atoms with E-state index in [4.69, 9.17) is 4.74 Å². The molecule has 1 saturated heterocycles. The van der Waals surface area contributed by atoms with Crippen LogP contribution in [-0.2, 0) is 17.8 Å². The smallest absolute Gasteiger partial charge is 0.225 e. The van der Waals surface area contributed by atoms with E-state index in [1.807, 2.05) is 30.3 Å². The van der Waals surface area contributed by atoms with Crippen molar-refractivity contribution in [2.24, 2.45) is 5.92 Å². The zero-order valence-corrected chi connectivity index (χ0v) is 18.6. The Morgan fingerprint density at radius 1 is 1.12 bits per heavy atom. The van der Waals surface area contributed by atoms with Gasteiger partial charge in [-0.05, 0) is 60.0 Å². The molecule has 0 bridgehead atoms. The maximum absolute atomic E-state index is 13.5. The molecule has 0 saturated carbocycles. The molecule has 1 amide bonds. The number of benzene rings is 2. The summed E-state index contributed by atoms with van der Waals surface area (Å²) in [5, 5.41) is 3.13. The minimum atomic E-state index is -0.246. The number of pyridine rings is 1. The van der Waals surface area contributed by atoms with Gasteiger partial charge in [-0.1, -0.05) is 6.07 Å². The lowest BCUT2D eigenvalue weighted by Crippen LogP contribution is -2.61. The molecule has 2 aliphatic rings. The van der Waals surface area contributed by atoms with Crippen molar-refractivity contribution in [3.8, 4) is 5.75 Å². The summed E-state index contributed by atoms with van der Waals surface area (Å²) in [6, 6.07) is 16.5. The number of piperazine rings is 1. The van der Waals surface area contributed by atoms with E-state index in [-0.39, 0.29) is 23.7 Å². The lowest BCUT2D eigenvalue weighted by atomic mass is 9.83. The van der Waals surface area contributed by atoms with Crippen molar-refractivity contribution < 1.29 is 13.9 Å². The van der Waals surface area contributed by atoms with Crippen molar-refractivity contribution >= 4 is 17.3 Å². The van der Waals surface area contributed by atoms with E-state index in [0.717, 1.165) is 41.3 Å². The van der Waals surface area contributed by atoms with Crippen molar-refractivity contribution in [1.82, 2.24) is 10.3 Å². The van der Waals surface area contributed by atoms with Crippen LogP contribution in [0.4, 0.5) is 15.8 Å². The summed E-state index contributed by atoms with van der Waals surface area (Å²) >= 11 is 0. The van der Waals surface area contributed by atoms with Gasteiger partial charge in [0.15, 0.2) is 0 Å². The Morgan fingerprint density at radius 3 is 2.67 bits per heavy atom. The van der Waals surface area contributed by atoms with Gasteiger partial charge in [-0.2, -0.15) is 0 Å². The Hall–Kier alpha value is -3.61. The molecule has 2 atom stereocenters. The van der Waals surface area contributed by atoms with Crippen molar-refractivity contribution in [2.45, 2.75) is 19.0 Å². The number of amides is 1. The number of rotatable bonds is 5. The lowest BCUT2D eigenvalue weighted by molar-refractivity contribution is -0.126. The number of anilines is 2. The first kappa shape index (κ1) is 21.2. The third-order valence-corrected chi connectivity index (χ3v) is 6.67. The molecule has 33 heavy (non-hydrogen) atoms. The number of nitrogens with zero attached hydrogens (tertiary/aromatic N) is 3. The monoisotopic (exact) mass is 446 g/mol. The molecular weight excluding hydrogens is 419 g/mol. The molecule has 3 heterocycles. The predicted octanol–water partition coefficient (Wildman–Crippen LogP) is 3.41. The molecule has 170 valence electrons. The summed E-state index contributed by atoms with van der Waals surface area (Å²) < 4.78 is 18.9. The highest BCUT2D eigenvalue weighted by molar-refractivity contribution is 5.82. The van der Waals surface area contributed by atoms with Crippen molar-refractivity contribution in [1.29, 1.82) is 0 Å². The second kappa shape index (κ2) is 9.10. The zero-order valence-electron chi connectivity index (χ0n) is 18.6. The molecule has 5 rings (SSSR count). The van der Waals surface area contributed by atoms with E-state index in [2.05, 4.69) is 32.2 Å². The molecule has 7 heteroatoms. The molecule has 1 aromatic heterocycles. The van der Waals surface area contributed by atoms with Crippen LogP contribution in [-0.4, -0.2) is 43.7 Å². The molecule has 0 radical (unpaired) electrons. The zero-order chi connectivity index (χ0) is 22.8. The Labute approximate surface area is 193 Å². The van der Waals surface area contributed by atoms with Gasteiger partial charge in [0.05, 0.1) is 19.1 Å². The van der Waals surface area contributed by atoms with Crippen LogP contribution in [0.15, 0.2) is 67.0 Å². The molecule has 0 unspecified atom stereocenters. The van der Waals surface area contributed by atoms with E-state index >= 15 is 0 Å². The van der Waals surface area contributed by atoms with Crippen LogP contribution in [0.2, 0.25) is 0 Å². The van der Waals surface area contributed by atoms with Crippen LogP contribution < -0.4 is 19.9 Å². The predicted molar refractivity (Wildman–Crippen MR) is 126 cm³/mol. The number of hydrogen-bond acceptors (Lipinski definition) is 5. The average Bonchev–Trinajstić information content (AvgIpc) is 2.87. The summed E-state index contributed by atoms with van der Waals surface area (Å²) in [6.07, 6.45) is 4.13. The number of hydrogen-bond donors (Lipinski definition) is 1. The first-order valence-electron chi connectivity index (χ1n) is 11.2. The normalized spacial score (nSPS) is 19.5. The third-order valence-electron chi connectivity index (χ3n) is 6.67. The minimum Gasteiger partial charge on any atom is -0.497 e. The molecule has 0 aliphatic carbocycles. The molecular formula is C26H27FN4O2. The van der Waals surface area contributed by atoms with Gasteiger partial charge in [-0.15, -0.1) is 0 Å². The van der Waals surface area contributed by atoms with E-state index in [0.29, 0.717) is 19.5 Å². The van der Waals surface area contributed by atoms with Gasteiger partial charge in [0.1, 0.15) is 11.6 Å². The largest absolute Gasteiger partial charge is 0.497 e. The maximum Gasteiger partial charge on any atom is 0.225 e. The Morgan fingerprint density at radius 2 is 1.91 bits per heavy atom. The van der Waals surface area contributed by atoms with Crippen LogP contribution in [0.3, 0.4) is 0 Å². The number of ether oxygens (including phenoxy) is 1. The SMILES string of the molecule is COc1ccc2c(c1)N1CCN(c3ccc(F)cc3)C[C@@H]1[C@@H](C(=O)NCc1ccncc1)C2. The van der Waals surface area contributed by atoms with E-state index in [1.54, 1.807) is 19.5 Å². The van der Waals surface area contributed by atoms with Crippen LogP contribution in [0.1, 0.15) is 11.1 Å². The molecule has 2 aliphatic heterocycles. The summed E-state index contributed by atoms with van der Waals surface area (Å²) in [4.78, 5) is 22.0. The van der Waals surface area contributed by atoms with Gasteiger partial charge in [0.25, 0.3) is 0 Å². The van der Waals surface area contributed by atoms with Crippen molar-refractivity contribution in [3.05, 3.63) is 83.9 Å². The highest BCUT2D eigenvalue weighted by atomic mass is 19.1. The van der Waals surface area contributed by atoms with Gasteiger partial charge in [-0.25, -0.2) is 4.39 Å². The Kier molecular flexibility index (Phi) is 5.86. The first-order chi connectivity index (χ1) is 16.1. The topological polar surface area (TPSA) is 57.7 Å². The van der Waals surface area contributed by atoms with E-state index in [9.17, 15) is 9.18 Å². The average molecular weight is 447 g/mol. The number of aromatic nitrogens is 1. The molecule has 3 aromatic rings. The summed E-state index contributed by atoms with van der Waals surface area (Å²) in [5.74, 6) is 0.415. The number of fused-ring (bicyclic) bond motifs is 3. The quantitative estimate of drug-likeness (QED) is 0.651. The highest BCUT2D eigenvalue weighted by Crippen LogP contribution is 2.39. The number of methoxy groups -OCH3 is 1. The van der Waals surface area contributed by atoms with Crippen LogP contribution in [0, 0.1) is 11.7 Å². The fourth-order valence-corrected chi connectivity index (χ4v) is 4.91. The van der Waals surface area contributed by atoms with Gasteiger partial charge in [0, 0.05) is 56.0 Å². The van der Waals surface area contributed by atoms with Crippen LogP contribution in [0.5, 0.6) is 5.75 Å². The Bertz CT molecular complexity index is 1120. The number of halogens is 1. The minimum absolute atomic E-state index is 0.000786. The number of nitrogens with one attached hydrogen (secondary N) is 1. The number of carbonyl (C=O) groups excluding carboxylic acids is 1. The summed E-state index contributed by atoms with van der Waals surface area (Å²) in [7, 11) is 1.67. The van der Waals surface area contributed by atoms with Gasteiger partial charge < -0.3 is 19.9 Å². The lowest BCUT2D eigenvalue weighted by Gasteiger charge is -2.49. The highest BCUT2D eigenvalue weighted by Gasteiger charge is 2.41. The fourth-order valence-electron chi connectivity index (χ4n) is 4.91. The summed E-state index contributed by atoms with van der Waals surface area (Å²) in [5.41, 5.74) is 4.29. The van der Waals surface area contributed by atoms with Gasteiger partial charge in [-0.3, -0.25) is 9.78 Å². The third kappa shape index (κ3) is 4.35. The first-order valence-corrected chi connectivity index (χ1v) is 11.2. The van der Waals surface area contributed by atoms with E-state index < -0.39 is 0 Å². The second-order valence-corrected chi connectivity index (χ2v) is 8.56. The second-order valence-electron chi connectivity index (χ2n) is 8.56. The fraction of sp³-hybridized carbons (Fsp3) is 0.308. The summed E-state index contributed by atoms with van der Waals surface area (Å²) in [6.45, 7) is 2.73. The van der Waals surface area contributed by atoms with Crippen LogP contribution in [0.25, 0.3) is 0 Å². The van der Waals surface area contributed by atoms with Crippen molar-refractivity contribution in [2.75, 3.05) is 36.5 Å². The van der Waals surface area contributed by atoms with E-state index in [1.165, 1.54) is 12.1 Å². The van der Waals surface area contributed by atoms with Gasteiger partial charge in [0.2, 0.25) is 5.91 Å². The molecule has 2 aromatic carbocycles.